The summed E-state index contributed by atoms with van der Waals surface area (Å²) in [5, 5.41) is 3.05. The Balaban J connectivity index is 2.30. The fraction of sp³-hybridized carbons (Fsp3) is 0.867. The number of hydrogen-bond donors (Lipinski definition) is 2. The molecule has 2 amide bonds. The lowest BCUT2D eigenvalue weighted by molar-refractivity contribution is -0.133. The van der Waals surface area contributed by atoms with Crippen LogP contribution in [0.1, 0.15) is 52.4 Å². The van der Waals surface area contributed by atoms with E-state index >= 15 is 0 Å². The van der Waals surface area contributed by atoms with E-state index in [0.29, 0.717) is 25.3 Å². The van der Waals surface area contributed by atoms with Gasteiger partial charge in [0.25, 0.3) is 0 Å². The molecule has 1 saturated heterocycles. The highest BCUT2D eigenvalue weighted by molar-refractivity contribution is 5.77. The third-order valence-electron chi connectivity index (χ3n) is 4.06. The predicted octanol–water partition coefficient (Wildman–Crippen LogP) is 1.27. The summed E-state index contributed by atoms with van der Waals surface area (Å²) < 4.78 is 0. The molecule has 20 heavy (non-hydrogen) atoms. The van der Waals surface area contributed by atoms with Crippen molar-refractivity contribution >= 4 is 11.8 Å². The molecule has 0 aromatic rings. The van der Waals surface area contributed by atoms with E-state index in [9.17, 15) is 9.59 Å². The van der Waals surface area contributed by atoms with Crippen molar-refractivity contribution in [1.82, 2.24) is 10.2 Å². The third-order valence-corrected chi connectivity index (χ3v) is 4.06. The van der Waals surface area contributed by atoms with Gasteiger partial charge in [-0.25, -0.2) is 0 Å². The second kappa shape index (κ2) is 8.95. The molecule has 1 fully saturated rings. The van der Waals surface area contributed by atoms with Gasteiger partial charge in [0, 0.05) is 32.0 Å². The highest BCUT2D eigenvalue weighted by Crippen LogP contribution is 2.15. The van der Waals surface area contributed by atoms with Crippen LogP contribution in [0.4, 0.5) is 0 Å². The monoisotopic (exact) mass is 283 g/mol. The van der Waals surface area contributed by atoms with Gasteiger partial charge in [-0.15, -0.1) is 0 Å². The van der Waals surface area contributed by atoms with Crippen molar-refractivity contribution in [3.8, 4) is 0 Å². The van der Waals surface area contributed by atoms with E-state index in [-0.39, 0.29) is 17.9 Å². The molecule has 1 aliphatic rings. The van der Waals surface area contributed by atoms with Crippen molar-refractivity contribution in [1.29, 1.82) is 0 Å². The number of rotatable bonds is 7. The quantitative estimate of drug-likeness (QED) is 0.739. The van der Waals surface area contributed by atoms with Gasteiger partial charge in [-0.2, -0.15) is 0 Å². The lowest BCUT2D eigenvalue weighted by Gasteiger charge is -2.33. The molecule has 0 bridgehead atoms. The molecule has 1 atom stereocenters. The maximum Gasteiger partial charge on any atom is 0.222 e. The van der Waals surface area contributed by atoms with Gasteiger partial charge >= 0.3 is 0 Å². The van der Waals surface area contributed by atoms with E-state index < -0.39 is 0 Å². The van der Waals surface area contributed by atoms with Gasteiger partial charge in [0.1, 0.15) is 0 Å². The summed E-state index contributed by atoms with van der Waals surface area (Å²) in [5.74, 6) is 0.636. The van der Waals surface area contributed by atoms with Crippen molar-refractivity contribution in [3.63, 3.8) is 0 Å². The summed E-state index contributed by atoms with van der Waals surface area (Å²) in [6.07, 6.45) is 4.70. The van der Waals surface area contributed by atoms with Gasteiger partial charge in [0.05, 0.1) is 0 Å². The summed E-state index contributed by atoms with van der Waals surface area (Å²) >= 11 is 0. The van der Waals surface area contributed by atoms with Crippen molar-refractivity contribution in [2.45, 2.75) is 58.4 Å². The Labute approximate surface area is 122 Å². The van der Waals surface area contributed by atoms with E-state index in [1.165, 1.54) is 0 Å². The molecule has 1 rings (SSSR count). The van der Waals surface area contributed by atoms with Crippen molar-refractivity contribution in [2.24, 2.45) is 11.7 Å². The van der Waals surface area contributed by atoms with Gasteiger partial charge in [-0.05, 0) is 31.7 Å². The van der Waals surface area contributed by atoms with Gasteiger partial charge in [-0.3, -0.25) is 9.59 Å². The average Bonchev–Trinajstić information content (AvgIpc) is 2.45. The third kappa shape index (κ3) is 5.49. The molecule has 5 nitrogen and oxygen atoms in total. The standard InChI is InChI=1S/C15H29N3O2/c1-3-5-14(19)17-13-6-8-18(9-7-13)15(20)10-12(4-2)11-16/h12-13H,3-11,16H2,1-2H3,(H,17,19). The number of nitrogens with one attached hydrogen (secondary N) is 1. The Morgan fingerprint density at radius 3 is 2.45 bits per heavy atom. The summed E-state index contributed by atoms with van der Waals surface area (Å²) in [4.78, 5) is 25.6. The summed E-state index contributed by atoms with van der Waals surface area (Å²) in [6, 6.07) is 0.231. The minimum absolute atomic E-state index is 0.131. The predicted molar refractivity (Wildman–Crippen MR) is 80.1 cm³/mol. The molecule has 0 spiro atoms. The minimum atomic E-state index is 0.131. The molecule has 116 valence electrons. The maximum atomic E-state index is 12.1. The van der Waals surface area contributed by atoms with Crippen LogP contribution in [0.2, 0.25) is 0 Å². The lowest BCUT2D eigenvalue weighted by atomic mass is 9.99. The first-order valence-electron chi connectivity index (χ1n) is 7.87. The van der Waals surface area contributed by atoms with Crippen LogP contribution in [-0.4, -0.2) is 42.4 Å². The first-order chi connectivity index (χ1) is 9.60. The van der Waals surface area contributed by atoms with Gasteiger partial charge in [-0.1, -0.05) is 20.3 Å². The Morgan fingerprint density at radius 1 is 1.30 bits per heavy atom. The lowest BCUT2D eigenvalue weighted by Crippen LogP contribution is -2.47. The minimum Gasteiger partial charge on any atom is -0.353 e. The van der Waals surface area contributed by atoms with E-state index in [1.54, 1.807) is 0 Å². The van der Waals surface area contributed by atoms with Crippen LogP contribution >= 0.6 is 0 Å². The molecule has 0 aliphatic carbocycles. The number of carbonyl (C=O) groups is 2. The average molecular weight is 283 g/mol. The summed E-state index contributed by atoms with van der Waals surface area (Å²) in [6.45, 7) is 6.14. The molecule has 3 N–H and O–H groups in total. The number of piperidine rings is 1. The highest BCUT2D eigenvalue weighted by Gasteiger charge is 2.24. The first kappa shape index (κ1) is 17.0. The van der Waals surface area contributed by atoms with Crippen LogP contribution in [0, 0.1) is 5.92 Å². The molecule has 0 aromatic heterocycles. The summed E-state index contributed by atoms with van der Waals surface area (Å²) in [5.41, 5.74) is 5.65. The normalized spacial score (nSPS) is 17.9. The Morgan fingerprint density at radius 2 is 1.95 bits per heavy atom. The molecule has 0 aromatic carbocycles. The molecular formula is C15H29N3O2. The van der Waals surface area contributed by atoms with E-state index in [0.717, 1.165) is 38.8 Å². The van der Waals surface area contributed by atoms with Crippen LogP contribution in [0.5, 0.6) is 0 Å². The second-order valence-corrected chi connectivity index (χ2v) is 5.69. The molecule has 1 heterocycles. The summed E-state index contributed by atoms with van der Waals surface area (Å²) in [7, 11) is 0. The van der Waals surface area contributed by atoms with E-state index in [2.05, 4.69) is 12.2 Å². The molecule has 5 heteroatoms. The Hall–Kier alpha value is -1.10. The van der Waals surface area contributed by atoms with Gasteiger partial charge < -0.3 is 16.0 Å². The molecule has 0 radical (unpaired) electrons. The zero-order valence-corrected chi connectivity index (χ0v) is 12.9. The van der Waals surface area contributed by atoms with Crippen LogP contribution in [0.3, 0.4) is 0 Å². The Bertz CT molecular complexity index is 308. The second-order valence-electron chi connectivity index (χ2n) is 5.69. The van der Waals surface area contributed by atoms with E-state index in [1.807, 2.05) is 11.8 Å². The zero-order valence-electron chi connectivity index (χ0n) is 12.9. The van der Waals surface area contributed by atoms with Crippen molar-refractivity contribution in [3.05, 3.63) is 0 Å². The fourth-order valence-corrected chi connectivity index (χ4v) is 2.57. The number of nitrogens with two attached hydrogens (primary N) is 1. The smallest absolute Gasteiger partial charge is 0.222 e. The zero-order chi connectivity index (χ0) is 15.0. The number of likely N-dealkylation sites (tertiary alicyclic amines) is 1. The van der Waals surface area contributed by atoms with Crippen molar-refractivity contribution < 1.29 is 9.59 Å². The van der Waals surface area contributed by atoms with Gasteiger partial charge in [0.2, 0.25) is 11.8 Å². The highest BCUT2D eigenvalue weighted by atomic mass is 16.2. The number of amides is 2. The number of nitrogens with zero attached hydrogens (tertiary/aromatic N) is 1. The molecular weight excluding hydrogens is 254 g/mol. The SMILES string of the molecule is CCCC(=O)NC1CCN(C(=O)CC(CC)CN)CC1. The van der Waals surface area contributed by atoms with Crippen LogP contribution in [0.15, 0.2) is 0 Å². The molecule has 1 aliphatic heterocycles. The topological polar surface area (TPSA) is 75.4 Å². The largest absolute Gasteiger partial charge is 0.353 e. The fourth-order valence-electron chi connectivity index (χ4n) is 2.57. The van der Waals surface area contributed by atoms with Gasteiger partial charge in [0.15, 0.2) is 0 Å². The molecule has 0 saturated carbocycles. The first-order valence-corrected chi connectivity index (χ1v) is 7.87. The van der Waals surface area contributed by atoms with Crippen LogP contribution in [-0.2, 0) is 9.59 Å². The Kier molecular flexibility index (Phi) is 7.59. The van der Waals surface area contributed by atoms with Crippen molar-refractivity contribution in [2.75, 3.05) is 19.6 Å². The van der Waals surface area contributed by atoms with Crippen LogP contribution in [0.25, 0.3) is 0 Å². The number of carbonyl (C=O) groups excluding carboxylic acids is 2. The van der Waals surface area contributed by atoms with E-state index in [4.69, 9.17) is 5.73 Å². The maximum absolute atomic E-state index is 12.1. The number of hydrogen-bond acceptors (Lipinski definition) is 3. The molecule has 1 unspecified atom stereocenters. The van der Waals surface area contributed by atoms with Crippen LogP contribution < -0.4 is 11.1 Å².